The molecule has 0 saturated carbocycles. The molecule has 0 bridgehead atoms. The highest BCUT2D eigenvalue weighted by molar-refractivity contribution is 7.46. The molecule has 3 rings (SSSR count). The third kappa shape index (κ3) is 4.22. The molecule has 0 radical (unpaired) electrons. The number of aromatic nitrogens is 2. The predicted molar refractivity (Wildman–Crippen MR) is 95.6 cm³/mol. The van der Waals surface area contributed by atoms with Crippen LogP contribution < -0.4 is 17.2 Å². The van der Waals surface area contributed by atoms with E-state index in [0.717, 1.165) is 4.57 Å². The van der Waals surface area contributed by atoms with Crippen molar-refractivity contribution in [1.82, 2.24) is 9.55 Å². The summed E-state index contributed by atoms with van der Waals surface area (Å²) < 4.78 is 35.7. The summed E-state index contributed by atoms with van der Waals surface area (Å²) in [5.74, 6) is -0.0960. The van der Waals surface area contributed by atoms with Gasteiger partial charge in [0, 0.05) is 17.4 Å². The van der Waals surface area contributed by atoms with E-state index in [-0.39, 0.29) is 5.82 Å². The molecular weight excluding hydrogens is 398 g/mol. The first kappa shape index (κ1) is 20.4. The molecule has 0 amide bonds. The van der Waals surface area contributed by atoms with E-state index in [2.05, 4.69) is 9.51 Å². The van der Waals surface area contributed by atoms with Gasteiger partial charge >= 0.3 is 13.5 Å². The fourth-order valence-electron chi connectivity index (χ4n) is 2.78. The minimum Gasteiger partial charge on any atom is -0.399 e. The van der Waals surface area contributed by atoms with Crippen LogP contribution in [0.1, 0.15) is 6.23 Å². The molecule has 0 spiro atoms. The van der Waals surface area contributed by atoms with Crippen LogP contribution in [0.2, 0.25) is 0 Å². The maximum Gasteiger partial charge on any atom is 0.469 e. The van der Waals surface area contributed by atoms with Gasteiger partial charge in [0.1, 0.15) is 18.0 Å². The standard InChI is InChI=1S/C15H18FN4O7P/c16-11-12(21)10(6-26-28(23,24)25)27-14(11)20-5-9(13(18)19-15(20)22)7-1-3-8(17)4-2-7/h1-5,10-12,14,21H,6,17H2,(H2,18,19,22)(H2,23,24,25)/t10-,11+,12-,14-/m1/s1. The number of phosphoric ester groups is 1. The summed E-state index contributed by atoms with van der Waals surface area (Å²) in [6.45, 7) is -0.773. The van der Waals surface area contributed by atoms with Crippen molar-refractivity contribution in [1.29, 1.82) is 0 Å². The number of nitrogens with two attached hydrogens (primary N) is 2. The smallest absolute Gasteiger partial charge is 0.399 e. The van der Waals surface area contributed by atoms with E-state index in [9.17, 15) is 18.9 Å². The van der Waals surface area contributed by atoms with Gasteiger partial charge in [-0.15, -0.1) is 0 Å². The second-order valence-corrected chi connectivity index (χ2v) is 7.38. The number of nitrogen functional groups attached to an aromatic ring is 2. The SMILES string of the molecule is Nc1ccc(-c2cn([C@@H]3O[C@H](COP(=O)(O)O)[C@@H](O)[C@@H]3F)c(=O)nc2N)cc1. The van der Waals surface area contributed by atoms with E-state index in [1.54, 1.807) is 24.3 Å². The first-order valence-corrected chi connectivity index (χ1v) is 9.52. The summed E-state index contributed by atoms with van der Waals surface area (Å²) in [6, 6.07) is 6.47. The van der Waals surface area contributed by atoms with Crippen LogP contribution in [-0.2, 0) is 13.8 Å². The van der Waals surface area contributed by atoms with Crippen LogP contribution in [0.15, 0.2) is 35.3 Å². The molecule has 11 nitrogen and oxygen atoms in total. The minimum absolute atomic E-state index is 0.0960. The largest absolute Gasteiger partial charge is 0.469 e. The van der Waals surface area contributed by atoms with Gasteiger partial charge in [0.2, 0.25) is 0 Å². The fourth-order valence-corrected chi connectivity index (χ4v) is 3.13. The van der Waals surface area contributed by atoms with Gasteiger partial charge in [-0.1, -0.05) is 12.1 Å². The quantitative estimate of drug-likeness (QED) is 0.323. The molecule has 1 aromatic heterocycles. The molecule has 2 aromatic rings. The lowest BCUT2D eigenvalue weighted by Gasteiger charge is -2.18. The van der Waals surface area contributed by atoms with E-state index >= 15 is 0 Å². The number of benzene rings is 1. The maximum absolute atomic E-state index is 14.5. The number of alkyl halides is 1. The number of nitrogens with zero attached hydrogens (tertiary/aromatic N) is 2. The number of phosphoric acid groups is 1. The molecule has 1 fully saturated rings. The Morgan fingerprint density at radius 1 is 1.29 bits per heavy atom. The van der Waals surface area contributed by atoms with Crippen molar-refractivity contribution in [2.24, 2.45) is 0 Å². The first-order chi connectivity index (χ1) is 13.1. The number of hydrogen-bond acceptors (Lipinski definition) is 8. The summed E-state index contributed by atoms with van der Waals surface area (Å²) in [5, 5.41) is 9.94. The summed E-state index contributed by atoms with van der Waals surface area (Å²) >= 11 is 0. The van der Waals surface area contributed by atoms with Crippen molar-refractivity contribution in [3.63, 3.8) is 0 Å². The third-order valence-electron chi connectivity index (χ3n) is 4.18. The summed E-state index contributed by atoms with van der Waals surface area (Å²) in [7, 11) is -4.85. The number of ether oxygens (including phenoxy) is 1. The van der Waals surface area contributed by atoms with Crippen LogP contribution in [0.4, 0.5) is 15.9 Å². The van der Waals surface area contributed by atoms with Gasteiger partial charge in [-0.3, -0.25) is 9.09 Å². The van der Waals surface area contributed by atoms with Gasteiger partial charge in [0.05, 0.1) is 6.61 Å². The second kappa shape index (κ2) is 7.59. The lowest BCUT2D eigenvalue weighted by molar-refractivity contribution is -0.0482. The van der Waals surface area contributed by atoms with Crippen LogP contribution in [0.3, 0.4) is 0 Å². The van der Waals surface area contributed by atoms with Gasteiger partial charge in [-0.2, -0.15) is 4.98 Å². The van der Waals surface area contributed by atoms with E-state index in [1.807, 2.05) is 0 Å². The zero-order valence-corrected chi connectivity index (χ0v) is 15.1. The molecule has 1 aromatic carbocycles. The van der Waals surface area contributed by atoms with E-state index < -0.39 is 44.7 Å². The zero-order chi connectivity index (χ0) is 20.6. The Hall–Kier alpha value is -2.34. The van der Waals surface area contributed by atoms with E-state index in [1.165, 1.54) is 6.20 Å². The Balaban J connectivity index is 1.92. The first-order valence-electron chi connectivity index (χ1n) is 7.99. The number of halogens is 1. The van der Waals surface area contributed by atoms with Gasteiger partial charge in [-0.25, -0.2) is 13.8 Å². The number of aliphatic hydroxyl groups is 1. The Morgan fingerprint density at radius 2 is 1.93 bits per heavy atom. The molecule has 13 heteroatoms. The molecule has 0 aliphatic carbocycles. The molecule has 152 valence electrons. The Bertz CT molecular complexity index is 964. The number of aliphatic hydroxyl groups excluding tert-OH is 1. The van der Waals surface area contributed by atoms with Gasteiger partial charge < -0.3 is 31.1 Å². The molecule has 0 unspecified atom stereocenters. The van der Waals surface area contributed by atoms with Crippen molar-refractivity contribution in [3.05, 3.63) is 40.9 Å². The van der Waals surface area contributed by atoms with Crippen molar-refractivity contribution in [3.8, 4) is 11.1 Å². The minimum atomic E-state index is -4.85. The van der Waals surface area contributed by atoms with Gasteiger partial charge in [0.25, 0.3) is 0 Å². The lowest BCUT2D eigenvalue weighted by Crippen LogP contribution is -2.34. The molecule has 7 N–H and O–H groups in total. The Morgan fingerprint density at radius 3 is 2.54 bits per heavy atom. The number of hydrogen-bond donors (Lipinski definition) is 5. The summed E-state index contributed by atoms with van der Waals surface area (Å²) in [4.78, 5) is 33.3. The zero-order valence-electron chi connectivity index (χ0n) is 14.3. The van der Waals surface area contributed by atoms with Crippen LogP contribution in [0.25, 0.3) is 11.1 Å². The van der Waals surface area contributed by atoms with Gasteiger partial charge in [-0.05, 0) is 17.7 Å². The van der Waals surface area contributed by atoms with Crippen LogP contribution in [-0.4, -0.2) is 49.4 Å². The summed E-state index contributed by atoms with van der Waals surface area (Å²) in [6.07, 6.45) is -5.62. The topological polar surface area (TPSA) is 183 Å². The number of anilines is 2. The van der Waals surface area contributed by atoms with Crippen LogP contribution in [0, 0.1) is 0 Å². The van der Waals surface area contributed by atoms with Crippen molar-refractivity contribution >= 4 is 19.3 Å². The van der Waals surface area contributed by atoms with E-state index in [0.29, 0.717) is 16.8 Å². The highest BCUT2D eigenvalue weighted by atomic mass is 31.2. The molecular formula is C15H18FN4O7P. The van der Waals surface area contributed by atoms with Crippen molar-refractivity contribution in [2.75, 3.05) is 18.1 Å². The molecule has 1 saturated heterocycles. The molecule has 2 heterocycles. The third-order valence-corrected chi connectivity index (χ3v) is 4.66. The predicted octanol–water partition coefficient (Wildman–Crippen LogP) is -0.220. The Kier molecular flexibility index (Phi) is 5.53. The summed E-state index contributed by atoms with van der Waals surface area (Å²) in [5.41, 5.74) is 11.9. The normalized spacial score (nSPS) is 25.1. The molecule has 28 heavy (non-hydrogen) atoms. The molecule has 4 atom stereocenters. The van der Waals surface area contributed by atoms with Crippen molar-refractivity contribution in [2.45, 2.75) is 24.6 Å². The fraction of sp³-hybridized carbons (Fsp3) is 0.333. The van der Waals surface area contributed by atoms with Gasteiger partial charge in [0.15, 0.2) is 12.4 Å². The average molecular weight is 416 g/mol. The van der Waals surface area contributed by atoms with Crippen LogP contribution in [0.5, 0.6) is 0 Å². The number of rotatable bonds is 5. The van der Waals surface area contributed by atoms with Crippen molar-refractivity contribution < 1.29 is 33.1 Å². The maximum atomic E-state index is 14.5. The highest BCUT2D eigenvalue weighted by Gasteiger charge is 2.46. The molecule has 1 aliphatic heterocycles. The average Bonchev–Trinajstić information content (AvgIpc) is 2.89. The van der Waals surface area contributed by atoms with E-state index in [4.69, 9.17) is 26.0 Å². The Labute approximate surface area is 157 Å². The second-order valence-electron chi connectivity index (χ2n) is 6.14. The highest BCUT2D eigenvalue weighted by Crippen LogP contribution is 2.39. The van der Waals surface area contributed by atoms with Crippen LogP contribution >= 0.6 is 7.82 Å². The molecule has 1 aliphatic rings. The monoisotopic (exact) mass is 416 g/mol. The lowest BCUT2D eigenvalue weighted by atomic mass is 10.1.